The van der Waals surface area contributed by atoms with Crippen LogP contribution in [0, 0.1) is 31.6 Å². The van der Waals surface area contributed by atoms with Crippen LogP contribution in [0.1, 0.15) is 26.3 Å². The van der Waals surface area contributed by atoms with Crippen molar-refractivity contribution in [1.82, 2.24) is 0 Å². The molecule has 0 unspecified atom stereocenters. The minimum absolute atomic E-state index is 0.106. The van der Waals surface area contributed by atoms with Crippen LogP contribution in [0.15, 0.2) is 34.5 Å². The number of azo groups is 1. The Balaban J connectivity index is 2.72. The largest absolute Gasteiger partial charge is 0.494 e. The molecule has 172 valence electrons. The number of ether oxygens (including phenoxy) is 1. The zero-order valence-electron chi connectivity index (χ0n) is 18.4. The molecule has 2 rings (SSSR count). The van der Waals surface area contributed by atoms with Gasteiger partial charge in [0.1, 0.15) is 17.5 Å². The molecule has 0 aliphatic heterocycles. The number of hydrogen-bond donors (Lipinski definition) is 1. The SMILES string of the molecule is CCN(CC)c1cc(NC(C)=O)c(N=Nc2c(C#N)cc([N+](=O)[O-])cc2[N+](=O)[O-])cc1OC. The van der Waals surface area contributed by atoms with Gasteiger partial charge in [-0.05, 0) is 19.9 Å². The van der Waals surface area contributed by atoms with E-state index in [1.165, 1.54) is 20.1 Å². The molecule has 0 bridgehead atoms. The van der Waals surface area contributed by atoms with Crippen LogP contribution in [0.5, 0.6) is 5.75 Å². The molecule has 0 radical (unpaired) electrons. The number of carbonyl (C=O) groups excluding carboxylic acids is 1. The molecular weight excluding hydrogens is 434 g/mol. The van der Waals surface area contributed by atoms with E-state index in [9.17, 15) is 30.3 Å². The minimum atomic E-state index is -0.888. The number of nitro benzene ring substituents is 2. The van der Waals surface area contributed by atoms with Gasteiger partial charge in [0.25, 0.3) is 5.69 Å². The molecule has 0 aliphatic rings. The Bertz CT molecular complexity index is 1170. The van der Waals surface area contributed by atoms with Crippen molar-refractivity contribution in [2.24, 2.45) is 10.2 Å². The van der Waals surface area contributed by atoms with E-state index in [0.29, 0.717) is 30.6 Å². The predicted molar refractivity (Wildman–Crippen MR) is 120 cm³/mol. The normalized spacial score (nSPS) is 10.5. The first kappa shape index (κ1) is 24.7. The highest BCUT2D eigenvalue weighted by molar-refractivity contribution is 5.94. The molecule has 0 saturated carbocycles. The Morgan fingerprint density at radius 3 is 2.30 bits per heavy atom. The van der Waals surface area contributed by atoms with E-state index in [1.54, 1.807) is 12.1 Å². The van der Waals surface area contributed by atoms with Gasteiger partial charge in [0.15, 0.2) is 5.69 Å². The maximum absolute atomic E-state index is 11.7. The van der Waals surface area contributed by atoms with E-state index in [2.05, 4.69) is 15.5 Å². The number of methoxy groups -OCH3 is 1. The van der Waals surface area contributed by atoms with Crippen molar-refractivity contribution in [3.8, 4) is 11.8 Å². The van der Waals surface area contributed by atoms with Gasteiger partial charge in [-0.15, -0.1) is 10.2 Å². The molecule has 0 aliphatic carbocycles. The number of nitro groups is 2. The highest BCUT2D eigenvalue weighted by atomic mass is 16.6. The van der Waals surface area contributed by atoms with Crippen LogP contribution in [0.3, 0.4) is 0 Å². The highest BCUT2D eigenvalue weighted by Crippen LogP contribution is 2.41. The summed E-state index contributed by atoms with van der Waals surface area (Å²) in [5.41, 5.74) is -1.17. The third-order valence-electron chi connectivity index (χ3n) is 4.57. The molecule has 0 aromatic heterocycles. The van der Waals surface area contributed by atoms with E-state index >= 15 is 0 Å². The van der Waals surface area contributed by atoms with Crippen molar-refractivity contribution in [2.75, 3.05) is 30.4 Å². The first-order valence-corrected chi connectivity index (χ1v) is 9.69. The number of amides is 1. The predicted octanol–water partition coefficient (Wildman–Crippen LogP) is 4.60. The number of nitrogens with one attached hydrogen (secondary N) is 1. The number of carbonyl (C=O) groups is 1. The van der Waals surface area contributed by atoms with Gasteiger partial charge in [-0.2, -0.15) is 5.26 Å². The van der Waals surface area contributed by atoms with Crippen molar-refractivity contribution in [2.45, 2.75) is 20.8 Å². The maximum Gasteiger partial charge on any atom is 0.304 e. The van der Waals surface area contributed by atoms with Crippen molar-refractivity contribution in [3.05, 3.63) is 50.1 Å². The lowest BCUT2D eigenvalue weighted by Crippen LogP contribution is -2.22. The lowest BCUT2D eigenvalue weighted by Gasteiger charge is -2.24. The summed E-state index contributed by atoms with van der Waals surface area (Å²) in [5.74, 6) is 0.0293. The highest BCUT2D eigenvalue weighted by Gasteiger charge is 2.25. The summed E-state index contributed by atoms with van der Waals surface area (Å²) in [7, 11) is 1.45. The molecule has 13 heteroatoms. The van der Waals surface area contributed by atoms with Crippen LogP contribution < -0.4 is 15.0 Å². The molecular formula is C20H21N7O6. The first-order valence-electron chi connectivity index (χ1n) is 9.69. The minimum Gasteiger partial charge on any atom is -0.494 e. The molecule has 0 heterocycles. The number of benzene rings is 2. The summed E-state index contributed by atoms with van der Waals surface area (Å²) < 4.78 is 5.44. The van der Waals surface area contributed by atoms with E-state index < -0.39 is 32.5 Å². The Morgan fingerprint density at radius 2 is 1.82 bits per heavy atom. The third-order valence-corrected chi connectivity index (χ3v) is 4.57. The van der Waals surface area contributed by atoms with E-state index in [4.69, 9.17) is 4.74 Å². The second-order valence-electron chi connectivity index (χ2n) is 6.58. The van der Waals surface area contributed by atoms with Gasteiger partial charge in [-0.25, -0.2) is 0 Å². The molecule has 1 amide bonds. The number of nitrogens with zero attached hydrogens (tertiary/aromatic N) is 6. The smallest absolute Gasteiger partial charge is 0.304 e. The van der Waals surface area contributed by atoms with Crippen LogP contribution in [0.25, 0.3) is 0 Å². The zero-order valence-corrected chi connectivity index (χ0v) is 18.4. The molecule has 0 spiro atoms. The Hall–Kier alpha value is -4.60. The molecule has 2 aromatic carbocycles. The van der Waals surface area contributed by atoms with Gasteiger partial charge in [0.05, 0.1) is 40.0 Å². The van der Waals surface area contributed by atoms with Crippen LogP contribution in [-0.2, 0) is 4.79 Å². The Kier molecular flexibility index (Phi) is 7.94. The second-order valence-corrected chi connectivity index (χ2v) is 6.58. The number of nitriles is 1. The van der Waals surface area contributed by atoms with E-state index in [-0.39, 0.29) is 17.3 Å². The monoisotopic (exact) mass is 455 g/mol. The van der Waals surface area contributed by atoms with Gasteiger partial charge in [-0.3, -0.25) is 25.0 Å². The van der Waals surface area contributed by atoms with E-state index in [1.807, 2.05) is 18.7 Å². The molecule has 0 fully saturated rings. The van der Waals surface area contributed by atoms with Crippen LogP contribution in [0.4, 0.5) is 34.1 Å². The van der Waals surface area contributed by atoms with Crippen molar-refractivity contribution in [3.63, 3.8) is 0 Å². The van der Waals surface area contributed by atoms with Crippen LogP contribution in [-0.4, -0.2) is 36.0 Å². The van der Waals surface area contributed by atoms with Crippen LogP contribution >= 0.6 is 0 Å². The molecule has 1 N–H and O–H groups in total. The summed E-state index contributed by atoms with van der Waals surface area (Å²) in [6, 6.07) is 6.37. The molecule has 13 nitrogen and oxygen atoms in total. The zero-order chi connectivity index (χ0) is 24.7. The Morgan fingerprint density at radius 1 is 1.15 bits per heavy atom. The summed E-state index contributed by atoms with van der Waals surface area (Å²) in [4.78, 5) is 34.5. The fourth-order valence-electron chi connectivity index (χ4n) is 3.05. The first-order chi connectivity index (χ1) is 15.7. The van der Waals surface area contributed by atoms with Gasteiger partial charge >= 0.3 is 5.69 Å². The van der Waals surface area contributed by atoms with Gasteiger partial charge in [-0.1, -0.05) is 0 Å². The summed E-state index contributed by atoms with van der Waals surface area (Å²) >= 11 is 0. The topological polar surface area (TPSA) is 176 Å². The molecule has 2 aromatic rings. The average molecular weight is 455 g/mol. The number of anilines is 2. The van der Waals surface area contributed by atoms with Gasteiger partial charge in [0, 0.05) is 32.1 Å². The van der Waals surface area contributed by atoms with E-state index in [0.717, 1.165) is 6.07 Å². The average Bonchev–Trinajstić information content (AvgIpc) is 2.78. The van der Waals surface area contributed by atoms with Gasteiger partial charge in [0.2, 0.25) is 5.91 Å². The summed E-state index contributed by atoms with van der Waals surface area (Å²) in [6.07, 6.45) is 0. The lowest BCUT2D eigenvalue weighted by atomic mass is 10.1. The third kappa shape index (κ3) is 5.56. The van der Waals surface area contributed by atoms with Crippen molar-refractivity contribution >= 4 is 40.0 Å². The number of non-ortho nitro benzene ring substituents is 1. The van der Waals surface area contributed by atoms with Crippen molar-refractivity contribution < 1.29 is 19.4 Å². The van der Waals surface area contributed by atoms with Crippen molar-refractivity contribution in [1.29, 1.82) is 5.26 Å². The molecule has 0 atom stereocenters. The molecule has 0 saturated heterocycles. The summed E-state index contributed by atoms with van der Waals surface area (Å²) in [5, 5.41) is 42.3. The maximum atomic E-state index is 11.7. The Labute approximate surface area is 188 Å². The summed E-state index contributed by atoms with van der Waals surface area (Å²) in [6.45, 7) is 6.52. The standard InChI is InChI=1S/C20H21N7O6/c1-5-25(6-2)17-9-15(22-12(3)28)16(10-19(17)33-4)23-24-20-13(11-21)7-14(26(29)30)8-18(20)27(31)32/h7-10H,5-6H2,1-4H3,(H,22,28). The fraction of sp³-hybridized carbons (Fsp3) is 0.300. The quantitative estimate of drug-likeness (QED) is 0.324. The van der Waals surface area contributed by atoms with Crippen LogP contribution in [0.2, 0.25) is 0 Å². The molecule has 33 heavy (non-hydrogen) atoms. The number of rotatable bonds is 9. The fourth-order valence-corrected chi connectivity index (χ4v) is 3.05. The lowest BCUT2D eigenvalue weighted by molar-refractivity contribution is -0.393. The number of hydrogen-bond acceptors (Lipinski definition) is 10. The second kappa shape index (κ2) is 10.6. The van der Waals surface area contributed by atoms with Gasteiger partial charge < -0.3 is 15.0 Å².